The minimum Gasteiger partial charge on any atom is -0.405 e. The summed E-state index contributed by atoms with van der Waals surface area (Å²) in [7, 11) is 0. The highest BCUT2D eigenvalue weighted by molar-refractivity contribution is 5.33. The van der Waals surface area contributed by atoms with Gasteiger partial charge in [-0.05, 0) is 44.2 Å². The van der Waals surface area contributed by atoms with Crippen LogP contribution in [0.4, 0.5) is 13.2 Å². The van der Waals surface area contributed by atoms with E-state index in [1.165, 1.54) is 12.1 Å². The lowest BCUT2D eigenvalue weighted by molar-refractivity contribution is -0.274. The minimum atomic E-state index is -4.66. The van der Waals surface area contributed by atoms with Crippen LogP contribution in [0.1, 0.15) is 31.2 Å². The maximum Gasteiger partial charge on any atom is 0.573 e. The van der Waals surface area contributed by atoms with E-state index in [4.69, 9.17) is 5.73 Å². The Bertz CT molecular complexity index is 443. The molecule has 0 heterocycles. The number of rotatable bonds is 5. The number of hydrogen-bond acceptors (Lipinski definition) is 3. The van der Waals surface area contributed by atoms with E-state index in [0.717, 1.165) is 32.2 Å². The number of alkyl halides is 3. The minimum absolute atomic E-state index is 0.136. The number of nitrogens with two attached hydrogens (primary N) is 1. The van der Waals surface area contributed by atoms with Gasteiger partial charge in [-0.1, -0.05) is 18.2 Å². The molecule has 0 saturated heterocycles. The van der Waals surface area contributed by atoms with Gasteiger partial charge in [0, 0.05) is 18.2 Å². The Hall–Kier alpha value is -1.27. The molecule has 0 aliphatic heterocycles. The fraction of sp³-hybridized carbons (Fsp3) is 0.600. The molecule has 1 aromatic rings. The molecule has 6 heteroatoms. The van der Waals surface area contributed by atoms with E-state index in [0.29, 0.717) is 24.1 Å². The van der Waals surface area contributed by atoms with Gasteiger partial charge in [-0.3, -0.25) is 0 Å². The number of para-hydroxylation sites is 1. The van der Waals surface area contributed by atoms with Crippen molar-refractivity contribution in [1.29, 1.82) is 0 Å². The van der Waals surface area contributed by atoms with Gasteiger partial charge in [-0.2, -0.15) is 0 Å². The Balaban J connectivity index is 1.83. The summed E-state index contributed by atoms with van der Waals surface area (Å²) < 4.78 is 41.0. The topological polar surface area (TPSA) is 47.3 Å². The molecule has 1 aliphatic carbocycles. The Labute approximate surface area is 122 Å². The van der Waals surface area contributed by atoms with Gasteiger partial charge >= 0.3 is 6.36 Å². The summed E-state index contributed by atoms with van der Waals surface area (Å²) in [6.45, 7) is 1.17. The van der Waals surface area contributed by atoms with Crippen molar-refractivity contribution in [1.82, 2.24) is 5.32 Å². The van der Waals surface area contributed by atoms with E-state index in [1.54, 1.807) is 12.1 Å². The molecule has 1 aromatic carbocycles. The average Bonchev–Trinajstić information content (AvgIpc) is 2.41. The summed E-state index contributed by atoms with van der Waals surface area (Å²) in [4.78, 5) is 0. The first kappa shape index (κ1) is 16.1. The van der Waals surface area contributed by atoms with Gasteiger partial charge in [0.2, 0.25) is 0 Å². The Morgan fingerprint density at radius 2 is 1.81 bits per heavy atom. The molecule has 2 rings (SSSR count). The zero-order valence-electron chi connectivity index (χ0n) is 11.8. The zero-order chi connectivity index (χ0) is 15.3. The lowest BCUT2D eigenvalue weighted by atomic mass is 9.86. The van der Waals surface area contributed by atoms with Crippen molar-refractivity contribution in [2.75, 3.05) is 6.54 Å². The second kappa shape index (κ2) is 7.13. The fourth-order valence-corrected chi connectivity index (χ4v) is 2.68. The van der Waals surface area contributed by atoms with Crippen molar-refractivity contribution in [3.8, 4) is 5.75 Å². The number of hydrogen-bond donors (Lipinski definition) is 2. The molecule has 0 amide bonds. The van der Waals surface area contributed by atoms with E-state index < -0.39 is 6.36 Å². The molecule has 3 N–H and O–H groups in total. The average molecular weight is 302 g/mol. The summed E-state index contributed by atoms with van der Waals surface area (Å²) in [6.07, 6.45) is -0.445. The lowest BCUT2D eigenvalue weighted by Crippen LogP contribution is -2.31. The molecule has 21 heavy (non-hydrogen) atoms. The molecule has 1 aliphatic rings. The van der Waals surface area contributed by atoms with Crippen LogP contribution in [-0.4, -0.2) is 18.9 Å². The van der Waals surface area contributed by atoms with Crippen LogP contribution in [0.2, 0.25) is 0 Å². The third-order valence-corrected chi connectivity index (χ3v) is 3.84. The van der Waals surface area contributed by atoms with Crippen LogP contribution < -0.4 is 15.8 Å². The highest BCUT2D eigenvalue weighted by Crippen LogP contribution is 2.26. The molecule has 3 nitrogen and oxygen atoms in total. The number of ether oxygens (including phenoxy) is 1. The quantitative estimate of drug-likeness (QED) is 0.878. The zero-order valence-corrected chi connectivity index (χ0v) is 11.8. The first-order chi connectivity index (χ1) is 9.94. The van der Waals surface area contributed by atoms with Crippen LogP contribution >= 0.6 is 0 Å². The van der Waals surface area contributed by atoms with Gasteiger partial charge in [-0.25, -0.2) is 0 Å². The molecule has 1 fully saturated rings. The third-order valence-electron chi connectivity index (χ3n) is 3.84. The van der Waals surface area contributed by atoms with Gasteiger partial charge in [0.1, 0.15) is 5.75 Å². The van der Waals surface area contributed by atoms with Crippen LogP contribution in [0.3, 0.4) is 0 Å². The SMILES string of the molecule is NC1CCC(CNCc2ccccc2OC(F)(F)F)CC1. The van der Waals surface area contributed by atoms with Gasteiger partial charge < -0.3 is 15.8 Å². The Morgan fingerprint density at radius 3 is 2.48 bits per heavy atom. The van der Waals surface area contributed by atoms with Crippen molar-refractivity contribution in [3.05, 3.63) is 29.8 Å². The summed E-state index contributed by atoms with van der Waals surface area (Å²) >= 11 is 0. The van der Waals surface area contributed by atoms with Crippen LogP contribution in [0.25, 0.3) is 0 Å². The van der Waals surface area contributed by atoms with E-state index >= 15 is 0 Å². The predicted molar refractivity (Wildman–Crippen MR) is 74.8 cm³/mol. The first-order valence-electron chi connectivity index (χ1n) is 7.24. The molecule has 0 radical (unpaired) electrons. The molecular formula is C15H21F3N2O. The van der Waals surface area contributed by atoms with Crippen molar-refractivity contribution >= 4 is 0 Å². The Morgan fingerprint density at radius 1 is 1.14 bits per heavy atom. The maximum absolute atomic E-state index is 12.3. The summed E-state index contributed by atoms with van der Waals surface area (Å²) in [5, 5.41) is 3.22. The maximum atomic E-state index is 12.3. The monoisotopic (exact) mass is 302 g/mol. The van der Waals surface area contributed by atoms with E-state index in [1.807, 2.05) is 0 Å². The second-order valence-corrected chi connectivity index (χ2v) is 5.57. The number of nitrogens with one attached hydrogen (secondary N) is 1. The highest BCUT2D eigenvalue weighted by atomic mass is 19.4. The first-order valence-corrected chi connectivity index (χ1v) is 7.24. The van der Waals surface area contributed by atoms with Gasteiger partial charge in [0.05, 0.1) is 0 Å². The van der Waals surface area contributed by atoms with Gasteiger partial charge in [0.15, 0.2) is 0 Å². The summed E-state index contributed by atoms with van der Waals surface area (Å²) in [5.74, 6) is 0.420. The number of benzene rings is 1. The van der Waals surface area contributed by atoms with Crippen LogP contribution in [0.5, 0.6) is 5.75 Å². The summed E-state index contributed by atoms with van der Waals surface area (Å²) in [5.41, 5.74) is 6.37. The summed E-state index contributed by atoms with van der Waals surface area (Å²) in [6, 6.07) is 6.53. The van der Waals surface area contributed by atoms with E-state index in [2.05, 4.69) is 10.1 Å². The third kappa shape index (κ3) is 5.55. The fourth-order valence-electron chi connectivity index (χ4n) is 2.68. The smallest absolute Gasteiger partial charge is 0.405 e. The molecular weight excluding hydrogens is 281 g/mol. The predicted octanol–water partition coefficient (Wildman–Crippen LogP) is 3.19. The largest absolute Gasteiger partial charge is 0.573 e. The van der Waals surface area contributed by atoms with Crippen molar-refractivity contribution in [2.24, 2.45) is 11.7 Å². The van der Waals surface area contributed by atoms with Crippen LogP contribution in [-0.2, 0) is 6.54 Å². The van der Waals surface area contributed by atoms with Crippen LogP contribution in [0.15, 0.2) is 24.3 Å². The highest BCUT2D eigenvalue weighted by Gasteiger charge is 2.31. The normalized spacial score (nSPS) is 23.0. The Kier molecular flexibility index (Phi) is 5.47. The molecule has 1 saturated carbocycles. The molecule has 0 bridgehead atoms. The van der Waals surface area contributed by atoms with Crippen molar-refractivity contribution < 1.29 is 17.9 Å². The van der Waals surface area contributed by atoms with Gasteiger partial charge in [0.25, 0.3) is 0 Å². The molecule has 0 atom stereocenters. The second-order valence-electron chi connectivity index (χ2n) is 5.57. The molecule has 0 aromatic heterocycles. The lowest BCUT2D eigenvalue weighted by Gasteiger charge is -2.26. The molecule has 0 spiro atoms. The van der Waals surface area contributed by atoms with E-state index in [-0.39, 0.29) is 5.75 Å². The van der Waals surface area contributed by atoms with Crippen LogP contribution in [0, 0.1) is 5.92 Å². The van der Waals surface area contributed by atoms with Crippen molar-refractivity contribution in [3.63, 3.8) is 0 Å². The standard InChI is InChI=1S/C15H21F3N2O/c16-15(17,18)21-14-4-2-1-3-12(14)10-20-9-11-5-7-13(19)8-6-11/h1-4,11,13,20H,5-10,19H2. The van der Waals surface area contributed by atoms with Gasteiger partial charge in [-0.15, -0.1) is 13.2 Å². The number of halogens is 3. The molecule has 0 unspecified atom stereocenters. The van der Waals surface area contributed by atoms with E-state index in [9.17, 15) is 13.2 Å². The molecule has 118 valence electrons. The van der Waals surface area contributed by atoms with Crippen molar-refractivity contribution in [2.45, 2.75) is 44.6 Å².